The molecule has 36 heavy (non-hydrogen) atoms. The van der Waals surface area contributed by atoms with Crippen LogP contribution < -0.4 is 15.0 Å². The lowest BCUT2D eigenvalue weighted by atomic mass is 10.1. The number of ether oxygens (including phenoxy) is 2. The van der Waals surface area contributed by atoms with Crippen LogP contribution in [0.15, 0.2) is 59.4 Å². The van der Waals surface area contributed by atoms with E-state index >= 15 is 0 Å². The summed E-state index contributed by atoms with van der Waals surface area (Å²) in [7, 11) is 1.62. The summed E-state index contributed by atoms with van der Waals surface area (Å²) in [6, 6.07) is 16.4. The monoisotopic (exact) mass is 505 g/mol. The van der Waals surface area contributed by atoms with Crippen LogP contribution in [0.3, 0.4) is 0 Å². The molecule has 1 fully saturated rings. The minimum atomic E-state index is -0.199. The van der Waals surface area contributed by atoms with Gasteiger partial charge in [-0.15, -0.1) is 0 Å². The van der Waals surface area contributed by atoms with Crippen LogP contribution in [0.5, 0.6) is 11.5 Å². The number of amides is 1. The number of hydrogen-bond donors (Lipinski definition) is 0. The average Bonchev–Trinajstić information content (AvgIpc) is 3.34. The summed E-state index contributed by atoms with van der Waals surface area (Å²) >= 11 is 1.38. The van der Waals surface area contributed by atoms with Crippen molar-refractivity contribution in [2.75, 3.05) is 39.9 Å². The van der Waals surface area contributed by atoms with Gasteiger partial charge in [-0.2, -0.15) is 9.61 Å². The highest BCUT2D eigenvalue weighted by Crippen LogP contribution is 2.26. The smallest absolute Gasteiger partial charge is 0.275 e. The van der Waals surface area contributed by atoms with Crippen molar-refractivity contribution >= 4 is 22.2 Å². The Morgan fingerprint density at radius 3 is 2.36 bits per heavy atom. The largest absolute Gasteiger partial charge is 0.497 e. The normalized spacial score (nSPS) is 14.2. The minimum Gasteiger partial charge on any atom is -0.497 e. The second-order valence-electron chi connectivity index (χ2n) is 8.44. The molecule has 10 heteroatoms. The number of carbonyl (C=O) groups is 1. The molecular formula is C26H27N5O4S. The van der Waals surface area contributed by atoms with Gasteiger partial charge in [0.1, 0.15) is 16.5 Å². The van der Waals surface area contributed by atoms with E-state index in [1.54, 1.807) is 13.2 Å². The van der Waals surface area contributed by atoms with Gasteiger partial charge in [-0.3, -0.25) is 14.5 Å². The third-order valence-corrected chi connectivity index (χ3v) is 7.05. The highest BCUT2D eigenvalue weighted by molar-refractivity contribution is 7.19. The van der Waals surface area contributed by atoms with Gasteiger partial charge in [0.2, 0.25) is 4.96 Å². The zero-order chi connectivity index (χ0) is 25.1. The number of benzene rings is 2. The van der Waals surface area contributed by atoms with E-state index < -0.39 is 0 Å². The Morgan fingerprint density at radius 2 is 1.69 bits per heavy atom. The summed E-state index contributed by atoms with van der Waals surface area (Å²) in [5.41, 5.74) is 2.07. The van der Waals surface area contributed by atoms with Crippen LogP contribution in [0.4, 0.5) is 0 Å². The lowest BCUT2D eigenvalue weighted by Gasteiger charge is -2.34. The first kappa shape index (κ1) is 24.0. The lowest BCUT2D eigenvalue weighted by molar-refractivity contribution is 0.0627. The number of aromatic nitrogens is 3. The van der Waals surface area contributed by atoms with Crippen molar-refractivity contribution in [3.05, 3.63) is 76.2 Å². The van der Waals surface area contributed by atoms with Crippen molar-refractivity contribution in [2.45, 2.75) is 13.5 Å². The topological polar surface area (TPSA) is 89.3 Å². The highest BCUT2D eigenvalue weighted by Gasteiger charge is 2.23. The number of carbonyl (C=O) groups excluding carboxylic acids is 1. The fourth-order valence-electron chi connectivity index (χ4n) is 4.17. The van der Waals surface area contributed by atoms with Gasteiger partial charge in [0.15, 0.2) is 0 Å². The summed E-state index contributed by atoms with van der Waals surface area (Å²) in [5.74, 6) is 1.54. The molecule has 4 aromatic rings. The number of methoxy groups -OCH3 is 1. The predicted octanol–water partition coefficient (Wildman–Crippen LogP) is 3.18. The molecular weight excluding hydrogens is 478 g/mol. The fourth-order valence-corrected chi connectivity index (χ4v) is 5.10. The van der Waals surface area contributed by atoms with Gasteiger partial charge >= 0.3 is 0 Å². The van der Waals surface area contributed by atoms with Crippen molar-refractivity contribution in [1.82, 2.24) is 24.4 Å². The Kier molecular flexibility index (Phi) is 6.97. The molecule has 2 aromatic heterocycles. The Balaban J connectivity index is 1.23. The zero-order valence-corrected chi connectivity index (χ0v) is 21.0. The maximum absolute atomic E-state index is 12.9. The molecule has 0 aliphatic carbocycles. The van der Waals surface area contributed by atoms with Crippen molar-refractivity contribution in [1.29, 1.82) is 0 Å². The molecule has 0 bridgehead atoms. The summed E-state index contributed by atoms with van der Waals surface area (Å²) in [6.07, 6.45) is 0. The van der Waals surface area contributed by atoms with Gasteiger partial charge in [0.25, 0.3) is 11.5 Å². The van der Waals surface area contributed by atoms with Gasteiger partial charge in [-0.1, -0.05) is 11.3 Å². The summed E-state index contributed by atoms with van der Waals surface area (Å²) in [5, 5.41) is 5.18. The minimum absolute atomic E-state index is 0.0196. The third kappa shape index (κ3) is 5.09. The number of fused-ring (bicyclic) bond motifs is 1. The number of nitrogens with zero attached hydrogens (tertiary/aromatic N) is 5. The third-order valence-electron chi connectivity index (χ3n) is 6.09. The second-order valence-corrected chi connectivity index (χ2v) is 9.40. The van der Waals surface area contributed by atoms with Gasteiger partial charge in [0, 0.05) is 49.9 Å². The molecule has 9 nitrogen and oxygen atoms in total. The second kappa shape index (κ2) is 10.5. The van der Waals surface area contributed by atoms with E-state index in [9.17, 15) is 9.59 Å². The quantitative estimate of drug-likeness (QED) is 0.381. The lowest BCUT2D eigenvalue weighted by Crippen LogP contribution is -2.48. The fraction of sp³-hybridized carbons (Fsp3) is 0.308. The van der Waals surface area contributed by atoms with E-state index in [0.717, 1.165) is 22.1 Å². The van der Waals surface area contributed by atoms with Gasteiger partial charge < -0.3 is 14.4 Å². The number of rotatable bonds is 7. The summed E-state index contributed by atoms with van der Waals surface area (Å²) in [4.78, 5) is 34.9. The molecule has 3 heterocycles. The van der Waals surface area contributed by atoms with Gasteiger partial charge in [0.05, 0.1) is 19.4 Å². The van der Waals surface area contributed by atoms with Crippen LogP contribution in [0.2, 0.25) is 0 Å². The van der Waals surface area contributed by atoms with E-state index in [1.165, 1.54) is 15.9 Å². The Hall–Kier alpha value is -3.76. The van der Waals surface area contributed by atoms with Crippen LogP contribution >= 0.6 is 11.3 Å². The number of piperazine rings is 1. The van der Waals surface area contributed by atoms with Crippen LogP contribution in [-0.4, -0.2) is 70.2 Å². The molecule has 0 unspecified atom stereocenters. The molecule has 1 aliphatic rings. The Bertz CT molecular complexity index is 1410. The highest BCUT2D eigenvalue weighted by atomic mass is 32.1. The first-order valence-electron chi connectivity index (χ1n) is 11.8. The standard InChI is InChI=1S/C26H27N5O4S/c1-3-35-22-10-6-19(7-11-22)25(33)30-14-12-29(13-15-30)17-20-16-23(32)31-26(27-20)36-24(28-31)18-4-8-21(34-2)9-5-18/h4-11,16H,3,12-15,17H2,1-2H3. The van der Waals surface area contributed by atoms with Crippen molar-refractivity contribution in [2.24, 2.45) is 0 Å². The Labute approximate surface area is 212 Å². The first-order chi connectivity index (χ1) is 17.5. The van der Waals surface area contributed by atoms with Crippen LogP contribution in [-0.2, 0) is 6.54 Å². The Morgan fingerprint density at radius 1 is 1.00 bits per heavy atom. The maximum atomic E-state index is 12.9. The van der Waals surface area contributed by atoms with Crippen molar-refractivity contribution in [3.63, 3.8) is 0 Å². The molecule has 1 saturated heterocycles. The molecule has 0 spiro atoms. The zero-order valence-electron chi connectivity index (χ0n) is 20.2. The molecule has 0 N–H and O–H groups in total. The van der Waals surface area contributed by atoms with Crippen LogP contribution in [0.25, 0.3) is 15.5 Å². The van der Waals surface area contributed by atoms with E-state index in [1.807, 2.05) is 60.4 Å². The van der Waals surface area contributed by atoms with Gasteiger partial charge in [-0.25, -0.2) is 4.98 Å². The molecule has 1 amide bonds. The predicted molar refractivity (Wildman–Crippen MR) is 138 cm³/mol. The summed E-state index contributed by atoms with van der Waals surface area (Å²) < 4.78 is 12.0. The molecule has 0 atom stereocenters. The van der Waals surface area contributed by atoms with Crippen LogP contribution in [0, 0.1) is 0 Å². The molecule has 1 aliphatic heterocycles. The number of hydrogen-bond acceptors (Lipinski definition) is 8. The maximum Gasteiger partial charge on any atom is 0.275 e. The molecule has 0 saturated carbocycles. The van der Waals surface area contributed by atoms with E-state index in [-0.39, 0.29) is 11.5 Å². The molecule has 2 aromatic carbocycles. The van der Waals surface area contributed by atoms with E-state index in [2.05, 4.69) is 10.00 Å². The molecule has 0 radical (unpaired) electrons. The van der Waals surface area contributed by atoms with Crippen molar-refractivity contribution in [3.8, 4) is 22.1 Å². The van der Waals surface area contributed by atoms with Gasteiger partial charge in [-0.05, 0) is 55.5 Å². The SMILES string of the molecule is CCOc1ccc(C(=O)N2CCN(Cc3cc(=O)n4nc(-c5ccc(OC)cc5)sc4n3)CC2)cc1. The molecule has 186 valence electrons. The summed E-state index contributed by atoms with van der Waals surface area (Å²) in [6.45, 7) is 5.74. The van der Waals surface area contributed by atoms with Crippen molar-refractivity contribution < 1.29 is 14.3 Å². The van der Waals surface area contributed by atoms with Crippen LogP contribution in [0.1, 0.15) is 23.0 Å². The van der Waals surface area contributed by atoms with E-state index in [4.69, 9.17) is 14.5 Å². The first-order valence-corrected chi connectivity index (χ1v) is 12.6. The average molecular weight is 506 g/mol. The van der Waals surface area contributed by atoms with E-state index in [0.29, 0.717) is 55.5 Å². The molecule has 5 rings (SSSR count).